The van der Waals surface area contributed by atoms with Gasteiger partial charge in [0.25, 0.3) is 6.71 Å². The highest BCUT2D eigenvalue weighted by molar-refractivity contribution is 7.00. The first-order valence-electron chi connectivity index (χ1n) is 6.60. The number of carbonyl (C=O) groups excluding carboxylic acids is 1. The maximum absolute atomic E-state index is 12.3. The molecule has 2 nitrogen and oxygen atoms in total. The van der Waals surface area contributed by atoms with Crippen molar-refractivity contribution >= 4 is 18.1 Å². The summed E-state index contributed by atoms with van der Waals surface area (Å²) in [7, 11) is 0. The molecule has 0 atom stereocenters. The highest BCUT2D eigenvalue weighted by Gasteiger charge is 2.22. The molecule has 0 fully saturated rings. The van der Waals surface area contributed by atoms with Crippen molar-refractivity contribution in [2.75, 3.05) is 5.73 Å². The van der Waals surface area contributed by atoms with Crippen molar-refractivity contribution < 1.29 is 4.79 Å². The molecule has 1 aliphatic heterocycles. The van der Waals surface area contributed by atoms with E-state index < -0.39 is 0 Å². The van der Waals surface area contributed by atoms with Gasteiger partial charge < -0.3 is 10.5 Å². The van der Waals surface area contributed by atoms with Gasteiger partial charge in [0.15, 0.2) is 0 Å². The van der Waals surface area contributed by atoms with Gasteiger partial charge in [-0.3, -0.25) is 0 Å². The van der Waals surface area contributed by atoms with Crippen LogP contribution in [0.3, 0.4) is 0 Å². The van der Waals surface area contributed by atoms with Gasteiger partial charge in [-0.1, -0.05) is 48.6 Å². The highest BCUT2D eigenvalue weighted by Crippen LogP contribution is 2.25. The van der Waals surface area contributed by atoms with Gasteiger partial charge in [0.1, 0.15) is 5.68 Å². The van der Waals surface area contributed by atoms with Crippen LogP contribution in [0.2, 0.25) is 0 Å². The lowest BCUT2D eigenvalue weighted by Gasteiger charge is -2.09. The molecule has 3 heteroatoms. The zero-order valence-electron chi connectivity index (χ0n) is 11.0. The minimum atomic E-state index is -0.181. The Morgan fingerprint density at radius 3 is 2.25 bits per heavy atom. The summed E-state index contributed by atoms with van der Waals surface area (Å²) in [4.78, 5) is 12.3. The second-order valence-electron chi connectivity index (χ2n) is 4.83. The standard InChI is InChI=1S/C17H14BNO/c19-16-12-14(13-6-2-1-3-7-13)8-9-15(16)17(20)18-10-4-5-11-18/h1-12H,19H2. The van der Waals surface area contributed by atoms with E-state index in [4.69, 9.17) is 5.73 Å². The fourth-order valence-corrected chi connectivity index (χ4v) is 2.38. The molecule has 0 radical (unpaired) electrons. The first-order chi connectivity index (χ1) is 9.75. The van der Waals surface area contributed by atoms with Crippen molar-refractivity contribution in [1.82, 2.24) is 0 Å². The molecule has 2 N–H and O–H groups in total. The summed E-state index contributed by atoms with van der Waals surface area (Å²) in [6.45, 7) is -0.181. The van der Waals surface area contributed by atoms with E-state index in [9.17, 15) is 4.79 Å². The monoisotopic (exact) mass is 259 g/mol. The van der Waals surface area contributed by atoms with Crippen LogP contribution in [-0.4, -0.2) is 12.4 Å². The Kier molecular flexibility index (Phi) is 3.26. The molecule has 1 aliphatic rings. The molecule has 0 bridgehead atoms. The number of allylic oxidation sites excluding steroid dienone is 2. The number of anilines is 1. The molecule has 0 amide bonds. The summed E-state index contributed by atoms with van der Waals surface area (Å²) >= 11 is 0. The van der Waals surface area contributed by atoms with Crippen LogP contribution in [0.5, 0.6) is 0 Å². The van der Waals surface area contributed by atoms with Crippen LogP contribution in [0.25, 0.3) is 11.1 Å². The number of rotatable bonds is 3. The fourth-order valence-electron chi connectivity index (χ4n) is 2.38. The second-order valence-corrected chi connectivity index (χ2v) is 4.83. The lowest BCUT2D eigenvalue weighted by Crippen LogP contribution is -2.21. The summed E-state index contributed by atoms with van der Waals surface area (Å²) in [5, 5.41) is 0. The summed E-state index contributed by atoms with van der Waals surface area (Å²) in [6.07, 6.45) is 3.77. The number of nitrogen functional groups attached to an aromatic ring is 1. The first kappa shape index (κ1) is 12.5. The van der Waals surface area contributed by atoms with Gasteiger partial charge in [-0.2, -0.15) is 0 Å². The molecule has 0 aliphatic carbocycles. The minimum absolute atomic E-state index is 0.0483. The van der Waals surface area contributed by atoms with Gasteiger partial charge in [0.05, 0.1) is 0 Å². The van der Waals surface area contributed by atoms with E-state index in [2.05, 4.69) is 0 Å². The highest BCUT2D eigenvalue weighted by atomic mass is 16.1. The Morgan fingerprint density at radius 2 is 1.60 bits per heavy atom. The Hall–Kier alpha value is -2.55. The van der Waals surface area contributed by atoms with Crippen LogP contribution in [-0.2, 0) is 0 Å². The topological polar surface area (TPSA) is 43.1 Å². The third kappa shape index (κ3) is 2.30. The number of benzene rings is 2. The smallest absolute Gasteiger partial charge is 0.280 e. The first-order valence-corrected chi connectivity index (χ1v) is 6.60. The summed E-state index contributed by atoms with van der Waals surface area (Å²) in [6, 6.07) is 15.6. The molecule has 0 saturated carbocycles. The predicted octanol–water partition coefficient (Wildman–Crippen LogP) is 3.36. The van der Waals surface area contributed by atoms with Crippen LogP contribution in [0, 0.1) is 0 Å². The molecule has 0 aromatic heterocycles. The third-order valence-corrected chi connectivity index (χ3v) is 3.47. The van der Waals surface area contributed by atoms with Crippen molar-refractivity contribution in [2.24, 2.45) is 0 Å². The fraction of sp³-hybridized carbons (Fsp3) is 0. The minimum Gasteiger partial charge on any atom is -0.398 e. The third-order valence-electron chi connectivity index (χ3n) is 3.47. The van der Waals surface area contributed by atoms with Crippen molar-refractivity contribution in [3.05, 3.63) is 78.2 Å². The lowest BCUT2D eigenvalue weighted by atomic mass is 9.47. The lowest BCUT2D eigenvalue weighted by molar-refractivity contribution is 0.107. The molecule has 2 aromatic carbocycles. The van der Waals surface area contributed by atoms with E-state index in [0.29, 0.717) is 11.3 Å². The van der Waals surface area contributed by atoms with Crippen LogP contribution < -0.4 is 5.73 Å². The molecule has 2 aromatic rings. The summed E-state index contributed by atoms with van der Waals surface area (Å²) < 4.78 is 0. The molecule has 20 heavy (non-hydrogen) atoms. The SMILES string of the molecule is Nc1cc(-c2ccccc2)ccc1C(=O)B1C=CC=C1. The van der Waals surface area contributed by atoms with Gasteiger partial charge in [-0.15, -0.1) is 12.0 Å². The zero-order chi connectivity index (χ0) is 13.9. The molecule has 0 unspecified atom stereocenters. The van der Waals surface area contributed by atoms with E-state index in [0.717, 1.165) is 11.1 Å². The number of hydrogen-bond donors (Lipinski definition) is 1. The molecular formula is C17H14BNO. The maximum atomic E-state index is 12.3. The van der Waals surface area contributed by atoms with E-state index >= 15 is 0 Å². The van der Waals surface area contributed by atoms with Crippen molar-refractivity contribution in [2.45, 2.75) is 0 Å². The molecule has 0 spiro atoms. The largest absolute Gasteiger partial charge is 0.398 e. The molecular weight excluding hydrogens is 245 g/mol. The Balaban J connectivity index is 1.94. The number of hydrogen-bond acceptors (Lipinski definition) is 2. The van der Waals surface area contributed by atoms with Crippen molar-refractivity contribution in [1.29, 1.82) is 0 Å². The summed E-state index contributed by atoms with van der Waals surface area (Å²) in [5.41, 5.74) is 9.35. The molecule has 0 saturated heterocycles. The predicted molar refractivity (Wildman–Crippen MR) is 84.7 cm³/mol. The van der Waals surface area contributed by atoms with Crippen LogP contribution in [0.4, 0.5) is 5.69 Å². The Labute approximate surface area is 118 Å². The molecule has 96 valence electrons. The van der Waals surface area contributed by atoms with Gasteiger partial charge in [-0.05, 0) is 23.3 Å². The Morgan fingerprint density at radius 1 is 0.900 bits per heavy atom. The van der Waals surface area contributed by atoms with Crippen LogP contribution >= 0.6 is 0 Å². The van der Waals surface area contributed by atoms with E-state index in [1.807, 2.05) is 72.6 Å². The van der Waals surface area contributed by atoms with Crippen molar-refractivity contribution in [3.8, 4) is 11.1 Å². The average Bonchev–Trinajstić information content (AvgIpc) is 3.01. The van der Waals surface area contributed by atoms with Gasteiger partial charge in [0.2, 0.25) is 0 Å². The van der Waals surface area contributed by atoms with Gasteiger partial charge in [-0.25, -0.2) is 0 Å². The zero-order valence-corrected chi connectivity index (χ0v) is 11.0. The summed E-state index contributed by atoms with van der Waals surface area (Å²) in [5.74, 6) is 3.76. The maximum Gasteiger partial charge on any atom is 0.280 e. The molecule has 3 rings (SSSR count). The van der Waals surface area contributed by atoms with Gasteiger partial charge >= 0.3 is 0 Å². The van der Waals surface area contributed by atoms with E-state index in [1.54, 1.807) is 0 Å². The second kappa shape index (κ2) is 5.21. The van der Waals surface area contributed by atoms with Gasteiger partial charge in [0, 0.05) is 11.3 Å². The van der Waals surface area contributed by atoms with E-state index in [1.165, 1.54) is 0 Å². The van der Waals surface area contributed by atoms with E-state index in [-0.39, 0.29) is 12.4 Å². The number of carbonyl (C=O) groups is 1. The number of nitrogens with two attached hydrogens (primary N) is 1. The Bertz CT molecular complexity index is 692. The van der Waals surface area contributed by atoms with Crippen molar-refractivity contribution in [3.63, 3.8) is 0 Å². The van der Waals surface area contributed by atoms with Crippen LogP contribution in [0.15, 0.2) is 72.6 Å². The normalized spacial score (nSPS) is 12.9. The van der Waals surface area contributed by atoms with Crippen LogP contribution in [0.1, 0.15) is 10.4 Å². The molecule has 1 heterocycles. The quantitative estimate of drug-likeness (QED) is 0.678. The average molecular weight is 259 g/mol.